The van der Waals surface area contributed by atoms with Crippen LogP contribution in [0, 0.1) is 0 Å². The van der Waals surface area contributed by atoms with Gasteiger partial charge >= 0.3 is 5.97 Å². The molecular weight excluding hydrogens is 440 g/mol. The van der Waals surface area contributed by atoms with Gasteiger partial charge in [0.1, 0.15) is 0 Å². The molecule has 1 fully saturated rings. The van der Waals surface area contributed by atoms with E-state index in [1.807, 2.05) is 0 Å². The maximum Gasteiger partial charge on any atom is 0.338 e. The first-order valence-corrected chi connectivity index (χ1v) is 11.2. The Balaban J connectivity index is 1.60. The maximum atomic E-state index is 12.8. The number of hydrogen-bond acceptors (Lipinski definition) is 8. The number of carbonyl (C=O) groups is 2. The Kier molecular flexibility index (Phi) is 7.67. The molecule has 0 bridgehead atoms. The molecule has 0 unspecified atom stereocenters. The second-order valence-electron chi connectivity index (χ2n) is 6.74. The van der Waals surface area contributed by atoms with Crippen molar-refractivity contribution in [2.75, 3.05) is 52.4 Å². The van der Waals surface area contributed by atoms with Crippen LogP contribution < -0.4 is 14.8 Å². The Hall–Kier alpha value is -3.15. The van der Waals surface area contributed by atoms with Crippen molar-refractivity contribution in [3.8, 4) is 11.5 Å². The van der Waals surface area contributed by atoms with Gasteiger partial charge in [0.2, 0.25) is 10.0 Å². The summed E-state index contributed by atoms with van der Waals surface area (Å²) in [6.45, 7) is 0.659. The van der Waals surface area contributed by atoms with Gasteiger partial charge in [0.25, 0.3) is 5.91 Å². The van der Waals surface area contributed by atoms with Crippen molar-refractivity contribution < 1.29 is 37.0 Å². The molecule has 172 valence electrons. The van der Waals surface area contributed by atoms with Gasteiger partial charge in [0.05, 0.1) is 37.9 Å². The van der Waals surface area contributed by atoms with E-state index in [0.717, 1.165) is 0 Å². The normalized spacial score (nSPS) is 14.4. The minimum absolute atomic E-state index is 0.0551. The third kappa shape index (κ3) is 5.55. The van der Waals surface area contributed by atoms with E-state index in [1.54, 1.807) is 12.1 Å². The Labute approximate surface area is 186 Å². The van der Waals surface area contributed by atoms with Gasteiger partial charge in [-0.3, -0.25) is 4.79 Å². The fourth-order valence-electron chi connectivity index (χ4n) is 3.05. The van der Waals surface area contributed by atoms with Crippen molar-refractivity contribution in [3.05, 3.63) is 48.0 Å². The second-order valence-corrected chi connectivity index (χ2v) is 8.68. The lowest BCUT2D eigenvalue weighted by atomic mass is 10.2. The average molecular weight is 464 g/mol. The number of nitrogens with zero attached hydrogens (tertiary/aromatic N) is 1. The van der Waals surface area contributed by atoms with Crippen molar-refractivity contribution in [3.63, 3.8) is 0 Å². The largest absolute Gasteiger partial charge is 0.493 e. The number of ether oxygens (including phenoxy) is 4. The smallest absolute Gasteiger partial charge is 0.338 e. The summed E-state index contributed by atoms with van der Waals surface area (Å²) in [5.74, 6) is -0.525. The number of amides is 1. The SMILES string of the molecule is COc1ccc(C(=O)OCC(=O)Nc2cccc(S(=O)(=O)N3CCOCC3)c2)cc1OC. The van der Waals surface area contributed by atoms with Crippen LogP contribution in [0.2, 0.25) is 0 Å². The molecule has 1 aliphatic rings. The zero-order valence-electron chi connectivity index (χ0n) is 17.7. The van der Waals surface area contributed by atoms with Crippen molar-refractivity contribution in [2.45, 2.75) is 4.90 Å². The van der Waals surface area contributed by atoms with Crippen molar-refractivity contribution in [2.24, 2.45) is 0 Å². The van der Waals surface area contributed by atoms with Crippen LogP contribution in [0.5, 0.6) is 11.5 Å². The fraction of sp³-hybridized carbons (Fsp3) is 0.333. The number of nitrogens with one attached hydrogen (secondary N) is 1. The summed E-state index contributed by atoms with van der Waals surface area (Å²) in [6.07, 6.45) is 0. The van der Waals surface area contributed by atoms with Crippen molar-refractivity contribution in [1.29, 1.82) is 0 Å². The van der Waals surface area contributed by atoms with E-state index in [-0.39, 0.29) is 29.2 Å². The van der Waals surface area contributed by atoms with E-state index < -0.39 is 28.5 Å². The Morgan fingerprint density at radius 3 is 2.44 bits per heavy atom. The predicted octanol–water partition coefficient (Wildman–Crippen LogP) is 1.52. The highest BCUT2D eigenvalue weighted by molar-refractivity contribution is 7.89. The van der Waals surface area contributed by atoms with Crippen LogP contribution in [-0.2, 0) is 24.3 Å². The first-order valence-electron chi connectivity index (χ1n) is 9.72. The van der Waals surface area contributed by atoms with Gasteiger partial charge in [-0.2, -0.15) is 4.31 Å². The number of hydrogen-bond donors (Lipinski definition) is 1. The number of methoxy groups -OCH3 is 2. The summed E-state index contributed by atoms with van der Waals surface area (Å²) in [5.41, 5.74) is 0.459. The zero-order chi connectivity index (χ0) is 23.1. The molecule has 1 amide bonds. The molecule has 2 aromatic rings. The van der Waals surface area contributed by atoms with E-state index >= 15 is 0 Å². The lowest BCUT2D eigenvalue weighted by molar-refractivity contribution is -0.119. The summed E-state index contributed by atoms with van der Waals surface area (Å²) < 4.78 is 47.4. The topological polar surface area (TPSA) is 120 Å². The van der Waals surface area contributed by atoms with E-state index in [4.69, 9.17) is 18.9 Å². The highest BCUT2D eigenvalue weighted by Gasteiger charge is 2.26. The van der Waals surface area contributed by atoms with Gasteiger partial charge in [-0.05, 0) is 36.4 Å². The first kappa shape index (κ1) is 23.5. The average Bonchev–Trinajstić information content (AvgIpc) is 2.82. The molecule has 1 aliphatic heterocycles. The summed E-state index contributed by atoms with van der Waals surface area (Å²) in [7, 11) is -0.788. The third-order valence-corrected chi connectivity index (χ3v) is 6.57. The molecular formula is C21H24N2O8S. The van der Waals surface area contributed by atoms with Crippen molar-refractivity contribution >= 4 is 27.6 Å². The summed E-state index contributed by atoms with van der Waals surface area (Å²) in [4.78, 5) is 24.5. The van der Waals surface area contributed by atoms with Gasteiger partial charge in [-0.15, -0.1) is 0 Å². The van der Waals surface area contributed by atoms with Gasteiger partial charge < -0.3 is 24.3 Å². The lowest BCUT2D eigenvalue weighted by Crippen LogP contribution is -2.40. The highest BCUT2D eigenvalue weighted by Crippen LogP contribution is 2.27. The number of carbonyl (C=O) groups excluding carboxylic acids is 2. The molecule has 0 spiro atoms. The quantitative estimate of drug-likeness (QED) is 0.584. The Bertz CT molecular complexity index is 1080. The molecule has 32 heavy (non-hydrogen) atoms. The maximum absolute atomic E-state index is 12.8. The molecule has 0 atom stereocenters. The molecule has 0 aromatic heterocycles. The molecule has 11 heteroatoms. The number of morpholine rings is 1. The van der Waals surface area contributed by atoms with Gasteiger partial charge in [0, 0.05) is 18.8 Å². The monoisotopic (exact) mass is 464 g/mol. The molecule has 0 aliphatic carbocycles. The van der Waals surface area contributed by atoms with Crippen LogP contribution in [-0.4, -0.2) is 71.7 Å². The van der Waals surface area contributed by atoms with Gasteiger partial charge in [-0.1, -0.05) is 6.07 Å². The third-order valence-electron chi connectivity index (χ3n) is 4.68. The minimum Gasteiger partial charge on any atom is -0.493 e. The Morgan fingerprint density at radius 1 is 1.03 bits per heavy atom. The summed E-state index contributed by atoms with van der Waals surface area (Å²) in [5, 5.41) is 2.54. The molecule has 2 aromatic carbocycles. The number of anilines is 1. The van der Waals surface area contributed by atoms with Crippen molar-refractivity contribution in [1.82, 2.24) is 4.31 Å². The van der Waals surface area contributed by atoms with Gasteiger partial charge in [-0.25, -0.2) is 13.2 Å². The Morgan fingerprint density at radius 2 is 1.75 bits per heavy atom. The molecule has 10 nitrogen and oxygen atoms in total. The van der Waals surface area contributed by atoms with E-state index in [2.05, 4.69) is 5.32 Å². The van der Waals surface area contributed by atoms with Crippen LogP contribution in [0.4, 0.5) is 5.69 Å². The minimum atomic E-state index is -3.70. The molecule has 0 saturated carbocycles. The lowest BCUT2D eigenvalue weighted by Gasteiger charge is -2.26. The molecule has 1 N–H and O–H groups in total. The summed E-state index contributed by atoms with van der Waals surface area (Å²) >= 11 is 0. The van der Waals surface area contributed by atoms with Crippen LogP contribution in [0.15, 0.2) is 47.4 Å². The number of rotatable bonds is 8. The number of esters is 1. The molecule has 1 heterocycles. The first-order chi connectivity index (χ1) is 15.3. The highest BCUT2D eigenvalue weighted by atomic mass is 32.2. The number of benzene rings is 2. The fourth-order valence-corrected chi connectivity index (χ4v) is 4.50. The predicted molar refractivity (Wildman–Crippen MR) is 114 cm³/mol. The van der Waals surface area contributed by atoms with Crippen LogP contribution in [0.3, 0.4) is 0 Å². The molecule has 3 rings (SSSR count). The number of sulfonamides is 1. The van der Waals surface area contributed by atoms with Gasteiger partial charge in [0.15, 0.2) is 18.1 Å². The standard InChI is InChI=1S/C21H24N2O8S/c1-28-18-7-6-15(12-19(18)29-2)21(25)31-14-20(24)22-16-4-3-5-17(13-16)32(26,27)23-8-10-30-11-9-23/h3-7,12-13H,8-11,14H2,1-2H3,(H,22,24). The zero-order valence-corrected chi connectivity index (χ0v) is 18.5. The van der Waals surface area contributed by atoms with E-state index in [9.17, 15) is 18.0 Å². The van der Waals surface area contributed by atoms with Crippen LogP contribution >= 0.6 is 0 Å². The van der Waals surface area contributed by atoms with E-state index in [1.165, 1.54) is 48.9 Å². The van der Waals surface area contributed by atoms with E-state index in [0.29, 0.717) is 24.7 Å². The summed E-state index contributed by atoms with van der Waals surface area (Å²) in [6, 6.07) is 10.4. The van der Waals surface area contributed by atoms with Crippen LogP contribution in [0.25, 0.3) is 0 Å². The molecule has 0 radical (unpaired) electrons. The van der Waals surface area contributed by atoms with Crippen LogP contribution in [0.1, 0.15) is 10.4 Å². The second kappa shape index (κ2) is 10.4. The molecule has 1 saturated heterocycles.